The number of hydrogen-bond donors (Lipinski definition) is 5. The van der Waals surface area contributed by atoms with Crippen LogP contribution in [0.4, 0.5) is 0 Å². The van der Waals surface area contributed by atoms with Crippen LogP contribution >= 0.6 is 0 Å². The molecule has 2 aromatic carbocycles. The Morgan fingerprint density at radius 2 is 1.72 bits per heavy atom. The molecule has 1 heterocycles. The highest BCUT2D eigenvalue weighted by Crippen LogP contribution is 2.28. The van der Waals surface area contributed by atoms with Crippen molar-refractivity contribution in [1.82, 2.24) is 0 Å². The first kappa shape index (κ1) is 21.0. The van der Waals surface area contributed by atoms with Crippen molar-refractivity contribution in [1.29, 1.82) is 0 Å². The first-order valence-corrected chi connectivity index (χ1v) is 8.92. The summed E-state index contributed by atoms with van der Waals surface area (Å²) in [4.78, 5) is 12.2. The first-order chi connectivity index (χ1) is 13.9. The Morgan fingerprint density at radius 3 is 2.38 bits per heavy atom. The van der Waals surface area contributed by atoms with Crippen LogP contribution in [0.3, 0.4) is 0 Å². The second kappa shape index (κ2) is 9.21. The number of benzene rings is 2. The van der Waals surface area contributed by atoms with Gasteiger partial charge in [0.05, 0.1) is 6.61 Å². The van der Waals surface area contributed by atoms with Crippen LogP contribution in [0.2, 0.25) is 0 Å². The second-order valence-corrected chi connectivity index (χ2v) is 6.56. The number of esters is 1. The van der Waals surface area contributed by atoms with Crippen LogP contribution in [0.25, 0.3) is 0 Å². The van der Waals surface area contributed by atoms with E-state index in [0.29, 0.717) is 0 Å². The molecule has 0 amide bonds. The van der Waals surface area contributed by atoms with Gasteiger partial charge >= 0.3 is 5.97 Å². The van der Waals surface area contributed by atoms with Crippen LogP contribution in [0.15, 0.2) is 48.5 Å². The molecule has 2 aromatic rings. The topological polar surface area (TPSA) is 146 Å². The Balaban J connectivity index is 1.65. The van der Waals surface area contributed by atoms with Crippen molar-refractivity contribution >= 4 is 5.97 Å². The maximum Gasteiger partial charge on any atom is 0.342 e. The Labute approximate surface area is 166 Å². The van der Waals surface area contributed by atoms with Gasteiger partial charge in [0.15, 0.2) is 0 Å². The molecule has 5 atom stereocenters. The van der Waals surface area contributed by atoms with Gasteiger partial charge in [-0.05, 0) is 17.7 Å². The SMILES string of the molecule is O=C(OCc1ccccc1)c1ccc(O[C@@H]2O[C@H](CO)[C@@H](O)[C@H](O)[C@H]2O)cc1O. The summed E-state index contributed by atoms with van der Waals surface area (Å²) in [7, 11) is 0. The largest absolute Gasteiger partial charge is 0.507 e. The lowest BCUT2D eigenvalue weighted by molar-refractivity contribution is -0.277. The number of hydrogen-bond acceptors (Lipinski definition) is 9. The van der Waals surface area contributed by atoms with Gasteiger partial charge in [-0.1, -0.05) is 30.3 Å². The lowest BCUT2D eigenvalue weighted by atomic mass is 9.99. The molecule has 1 aliphatic rings. The zero-order valence-electron chi connectivity index (χ0n) is 15.3. The fourth-order valence-electron chi connectivity index (χ4n) is 2.86. The average molecular weight is 406 g/mol. The van der Waals surface area contributed by atoms with Gasteiger partial charge < -0.3 is 39.7 Å². The third kappa shape index (κ3) is 4.84. The minimum Gasteiger partial charge on any atom is -0.507 e. The highest BCUT2D eigenvalue weighted by Gasteiger charge is 2.44. The molecule has 1 fully saturated rings. The summed E-state index contributed by atoms with van der Waals surface area (Å²) in [6.07, 6.45) is -7.22. The average Bonchev–Trinajstić information content (AvgIpc) is 2.73. The minimum atomic E-state index is -1.59. The molecule has 0 spiro atoms. The summed E-state index contributed by atoms with van der Waals surface area (Å²) in [6, 6.07) is 12.8. The summed E-state index contributed by atoms with van der Waals surface area (Å²) < 4.78 is 15.8. The lowest BCUT2D eigenvalue weighted by Crippen LogP contribution is -2.60. The van der Waals surface area contributed by atoms with Crippen molar-refractivity contribution in [3.63, 3.8) is 0 Å². The van der Waals surface area contributed by atoms with Crippen LogP contribution in [-0.4, -0.2) is 68.8 Å². The van der Waals surface area contributed by atoms with E-state index >= 15 is 0 Å². The van der Waals surface area contributed by atoms with Gasteiger partial charge in [-0.2, -0.15) is 0 Å². The van der Waals surface area contributed by atoms with Crippen molar-refractivity contribution in [2.45, 2.75) is 37.3 Å². The van der Waals surface area contributed by atoms with Gasteiger partial charge in [0.25, 0.3) is 0 Å². The Morgan fingerprint density at radius 1 is 1.00 bits per heavy atom. The number of aromatic hydroxyl groups is 1. The normalized spacial score (nSPS) is 26.7. The number of phenolic OH excluding ortho intramolecular Hbond substituents is 1. The number of aliphatic hydroxyl groups excluding tert-OH is 4. The summed E-state index contributed by atoms with van der Waals surface area (Å²) in [5.41, 5.74) is 0.713. The van der Waals surface area contributed by atoms with E-state index in [9.17, 15) is 30.3 Å². The molecule has 9 nitrogen and oxygen atoms in total. The van der Waals surface area contributed by atoms with Gasteiger partial charge in [0.1, 0.15) is 48.1 Å². The van der Waals surface area contributed by atoms with E-state index in [2.05, 4.69) is 0 Å². The zero-order valence-corrected chi connectivity index (χ0v) is 15.3. The molecular weight excluding hydrogens is 384 g/mol. The Bertz CT molecular complexity index is 824. The number of phenols is 1. The fraction of sp³-hybridized carbons (Fsp3) is 0.350. The van der Waals surface area contributed by atoms with Gasteiger partial charge in [0.2, 0.25) is 6.29 Å². The first-order valence-electron chi connectivity index (χ1n) is 8.92. The predicted octanol–water partition coefficient (Wildman–Crippen LogP) is -0.0721. The Kier molecular flexibility index (Phi) is 6.68. The van der Waals surface area contributed by atoms with Crippen LogP contribution in [0.1, 0.15) is 15.9 Å². The van der Waals surface area contributed by atoms with Crippen molar-refractivity contribution in [2.24, 2.45) is 0 Å². The molecule has 156 valence electrons. The third-order valence-electron chi connectivity index (χ3n) is 4.50. The highest BCUT2D eigenvalue weighted by atomic mass is 16.7. The molecule has 0 radical (unpaired) electrons. The molecule has 9 heteroatoms. The highest BCUT2D eigenvalue weighted by molar-refractivity contribution is 5.92. The molecule has 29 heavy (non-hydrogen) atoms. The molecule has 0 aromatic heterocycles. The second-order valence-electron chi connectivity index (χ2n) is 6.56. The summed E-state index contributed by atoms with van der Waals surface area (Å²) in [5, 5.41) is 48.9. The summed E-state index contributed by atoms with van der Waals surface area (Å²) in [5.74, 6) is -1.11. The molecule has 1 saturated heterocycles. The van der Waals surface area contributed by atoms with Crippen LogP contribution in [-0.2, 0) is 16.1 Å². The quantitative estimate of drug-likeness (QED) is 0.416. The maximum atomic E-state index is 12.2. The third-order valence-corrected chi connectivity index (χ3v) is 4.50. The van der Waals surface area contributed by atoms with Crippen molar-refractivity contribution < 1.29 is 44.5 Å². The summed E-state index contributed by atoms with van der Waals surface area (Å²) >= 11 is 0. The van der Waals surface area contributed by atoms with E-state index < -0.39 is 49.0 Å². The minimum absolute atomic E-state index is 0.0337. The van der Waals surface area contributed by atoms with Gasteiger partial charge in [-0.3, -0.25) is 0 Å². The number of carbonyl (C=O) groups excluding carboxylic acids is 1. The van der Waals surface area contributed by atoms with Crippen LogP contribution < -0.4 is 4.74 Å². The van der Waals surface area contributed by atoms with Gasteiger partial charge in [-0.25, -0.2) is 4.79 Å². The van der Waals surface area contributed by atoms with Crippen LogP contribution in [0, 0.1) is 0 Å². The monoisotopic (exact) mass is 406 g/mol. The molecule has 1 aliphatic heterocycles. The molecular formula is C20H22O9. The van der Waals surface area contributed by atoms with Crippen molar-refractivity contribution in [2.75, 3.05) is 6.61 Å². The molecule has 5 N–H and O–H groups in total. The van der Waals surface area contributed by atoms with E-state index in [-0.39, 0.29) is 17.9 Å². The number of rotatable bonds is 6. The number of ether oxygens (including phenoxy) is 3. The molecule has 0 saturated carbocycles. The predicted molar refractivity (Wildman–Crippen MR) is 98.1 cm³/mol. The molecule has 0 bridgehead atoms. The van der Waals surface area contributed by atoms with E-state index in [4.69, 9.17) is 14.2 Å². The van der Waals surface area contributed by atoms with Crippen LogP contribution in [0.5, 0.6) is 11.5 Å². The van der Waals surface area contributed by atoms with Crippen molar-refractivity contribution in [3.8, 4) is 11.5 Å². The zero-order chi connectivity index (χ0) is 21.0. The van der Waals surface area contributed by atoms with Gasteiger partial charge in [0, 0.05) is 6.07 Å². The lowest BCUT2D eigenvalue weighted by Gasteiger charge is -2.39. The van der Waals surface area contributed by atoms with E-state index in [1.54, 1.807) is 12.1 Å². The number of carbonyl (C=O) groups is 1. The smallest absolute Gasteiger partial charge is 0.342 e. The maximum absolute atomic E-state index is 12.2. The summed E-state index contributed by atoms with van der Waals surface area (Å²) in [6.45, 7) is -0.551. The molecule has 0 aliphatic carbocycles. The molecule has 3 rings (SSSR count). The molecule has 0 unspecified atom stereocenters. The Hall–Kier alpha value is -2.69. The fourth-order valence-corrected chi connectivity index (χ4v) is 2.86. The van der Waals surface area contributed by atoms with E-state index in [1.165, 1.54) is 12.1 Å². The standard InChI is InChI=1S/C20H22O9/c21-9-15-16(23)17(24)18(25)20(29-15)28-12-6-7-13(14(22)8-12)19(26)27-10-11-4-2-1-3-5-11/h1-8,15-18,20-25H,9-10H2/t15-,16-,17+,18-,20-/m1/s1. The van der Waals surface area contributed by atoms with E-state index in [0.717, 1.165) is 11.6 Å². The number of aliphatic hydroxyl groups is 4. The van der Waals surface area contributed by atoms with Crippen molar-refractivity contribution in [3.05, 3.63) is 59.7 Å². The van der Waals surface area contributed by atoms with E-state index in [1.807, 2.05) is 18.2 Å². The van der Waals surface area contributed by atoms with Gasteiger partial charge in [-0.15, -0.1) is 0 Å².